The lowest BCUT2D eigenvalue weighted by Gasteiger charge is -2.18. The molecule has 0 saturated heterocycles. The van der Waals surface area contributed by atoms with Crippen LogP contribution in [0.1, 0.15) is 19.4 Å². The molecule has 1 aromatic rings. The van der Waals surface area contributed by atoms with Crippen LogP contribution in [0.2, 0.25) is 0 Å². The quantitative estimate of drug-likeness (QED) is 0.789. The fourth-order valence-electron chi connectivity index (χ4n) is 1.76. The van der Waals surface area contributed by atoms with Crippen LogP contribution < -0.4 is 10.1 Å². The number of sulfonamides is 1. The van der Waals surface area contributed by atoms with Gasteiger partial charge in [0.1, 0.15) is 5.75 Å². The van der Waals surface area contributed by atoms with E-state index in [0.29, 0.717) is 13.1 Å². The van der Waals surface area contributed by atoms with Gasteiger partial charge in [-0.15, -0.1) is 0 Å². The van der Waals surface area contributed by atoms with Crippen LogP contribution in [0.3, 0.4) is 0 Å². The van der Waals surface area contributed by atoms with Crippen molar-refractivity contribution < 1.29 is 13.2 Å². The molecule has 0 unspecified atom stereocenters. The van der Waals surface area contributed by atoms with E-state index in [1.54, 1.807) is 14.2 Å². The second-order valence-corrected chi connectivity index (χ2v) is 7.23. The van der Waals surface area contributed by atoms with Crippen molar-refractivity contribution in [2.24, 2.45) is 0 Å². The third kappa shape index (κ3) is 5.48. The monoisotopic (exact) mass is 300 g/mol. The van der Waals surface area contributed by atoms with Crippen LogP contribution in [0.5, 0.6) is 5.75 Å². The Kier molecular flexibility index (Phi) is 6.45. The van der Waals surface area contributed by atoms with Crippen LogP contribution in [-0.4, -0.2) is 45.2 Å². The summed E-state index contributed by atoms with van der Waals surface area (Å²) in [5.41, 5.74) is 0.909. The van der Waals surface area contributed by atoms with Gasteiger partial charge in [-0.3, -0.25) is 0 Å². The normalized spacial score (nSPS) is 12.1. The number of hydrogen-bond acceptors (Lipinski definition) is 4. The van der Waals surface area contributed by atoms with Crippen LogP contribution in [0, 0.1) is 0 Å². The molecule has 6 heteroatoms. The van der Waals surface area contributed by atoms with Gasteiger partial charge in [0, 0.05) is 26.2 Å². The fraction of sp³-hybridized carbons (Fsp3) is 0.571. The first-order chi connectivity index (χ1) is 9.35. The molecule has 0 atom stereocenters. The molecule has 0 amide bonds. The Morgan fingerprint density at radius 3 is 2.65 bits per heavy atom. The zero-order valence-corrected chi connectivity index (χ0v) is 13.4. The van der Waals surface area contributed by atoms with Crippen LogP contribution >= 0.6 is 0 Å². The van der Waals surface area contributed by atoms with Gasteiger partial charge in [-0.1, -0.05) is 26.0 Å². The van der Waals surface area contributed by atoms with Crippen molar-refractivity contribution in [3.63, 3.8) is 0 Å². The molecule has 5 nitrogen and oxygen atoms in total. The first-order valence-electron chi connectivity index (χ1n) is 6.65. The van der Waals surface area contributed by atoms with E-state index in [1.165, 1.54) is 4.31 Å². The summed E-state index contributed by atoms with van der Waals surface area (Å²) in [7, 11) is -0.0479. The van der Waals surface area contributed by atoms with E-state index in [1.807, 2.05) is 38.1 Å². The number of ether oxygens (including phenoxy) is 1. The molecular formula is C14H24N2O3S. The Hall–Kier alpha value is -1.11. The highest BCUT2D eigenvalue weighted by molar-refractivity contribution is 7.89. The molecule has 114 valence electrons. The number of nitrogens with one attached hydrogen (secondary N) is 1. The summed E-state index contributed by atoms with van der Waals surface area (Å²) >= 11 is 0. The van der Waals surface area contributed by atoms with Crippen LogP contribution in [0.15, 0.2) is 24.3 Å². The Balaban J connectivity index is 2.61. The summed E-state index contributed by atoms with van der Waals surface area (Å²) in [5.74, 6) is 0.834. The third-order valence-electron chi connectivity index (χ3n) is 2.93. The van der Waals surface area contributed by atoms with E-state index in [2.05, 4.69) is 5.32 Å². The molecule has 1 N–H and O–H groups in total. The molecule has 0 aliphatic heterocycles. The molecule has 0 heterocycles. The molecule has 0 aromatic heterocycles. The molecule has 0 aliphatic rings. The van der Waals surface area contributed by atoms with Crippen molar-refractivity contribution in [2.75, 3.05) is 26.5 Å². The molecule has 0 bridgehead atoms. The van der Waals surface area contributed by atoms with Crippen molar-refractivity contribution in [3.8, 4) is 5.75 Å². The number of methoxy groups -OCH3 is 1. The third-order valence-corrected chi connectivity index (χ3v) is 4.73. The van der Waals surface area contributed by atoms with Crippen molar-refractivity contribution in [3.05, 3.63) is 29.8 Å². The maximum Gasteiger partial charge on any atom is 0.215 e. The second-order valence-electron chi connectivity index (χ2n) is 5.03. The van der Waals surface area contributed by atoms with E-state index in [9.17, 15) is 8.42 Å². The molecule has 0 radical (unpaired) electrons. The summed E-state index contributed by atoms with van der Waals surface area (Å²) in [5, 5.41) is 3.11. The predicted octanol–water partition coefficient (Wildman–Crippen LogP) is 1.45. The maximum absolute atomic E-state index is 12.1. The van der Waals surface area contributed by atoms with Crippen LogP contribution in [0.25, 0.3) is 0 Å². The van der Waals surface area contributed by atoms with E-state index >= 15 is 0 Å². The largest absolute Gasteiger partial charge is 0.497 e. The van der Waals surface area contributed by atoms with E-state index < -0.39 is 10.0 Å². The minimum Gasteiger partial charge on any atom is -0.497 e. The van der Waals surface area contributed by atoms with Gasteiger partial charge in [-0.2, -0.15) is 0 Å². The lowest BCUT2D eigenvalue weighted by molar-refractivity contribution is 0.412. The Labute approximate surface area is 122 Å². The SMILES string of the molecule is COc1cccc(CN(C)S(=O)(=O)CCNC(C)C)c1. The zero-order chi connectivity index (χ0) is 15.2. The highest BCUT2D eigenvalue weighted by Crippen LogP contribution is 2.15. The highest BCUT2D eigenvalue weighted by Gasteiger charge is 2.17. The highest BCUT2D eigenvalue weighted by atomic mass is 32.2. The number of hydrogen-bond donors (Lipinski definition) is 1. The Morgan fingerprint density at radius 1 is 1.35 bits per heavy atom. The summed E-state index contributed by atoms with van der Waals surface area (Å²) < 4.78 is 30.8. The minimum atomic E-state index is -3.24. The van der Waals surface area contributed by atoms with E-state index in [0.717, 1.165) is 11.3 Å². The predicted molar refractivity (Wildman–Crippen MR) is 81.4 cm³/mol. The maximum atomic E-state index is 12.1. The molecule has 20 heavy (non-hydrogen) atoms. The molecule has 0 saturated carbocycles. The fourth-order valence-corrected chi connectivity index (χ4v) is 2.79. The van der Waals surface area contributed by atoms with Crippen molar-refractivity contribution in [1.82, 2.24) is 9.62 Å². The molecule has 1 rings (SSSR count). The first-order valence-corrected chi connectivity index (χ1v) is 8.26. The van der Waals surface area contributed by atoms with Crippen LogP contribution in [-0.2, 0) is 16.6 Å². The van der Waals surface area contributed by atoms with Crippen molar-refractivity contribution in [1.29, 1.82) is 0 Å². The topological polar surface area (TPSA) is 58.6 Å². The van der Waals surface area contributed by atoms with Gasteiger partial charge < -0.3 is 10.1 Å². The van der Waals surface area contributed by atoms with Gasteiger partial charge in [-0.25, -0.2) is 12.7 Å². The number of nitrogens with zero attached hydrogens (tertiary/aromatic N) is 1. The van der Waals surface area contributed by atoms with Gasteiger partial charge in [0.05, 0.1) is 12.9 Å². The minimum absolute atomic E-state index is 0.103. The summed E-state index contributed by atoms with van der Waals surface area (Å²) in [4.78, 5) is 0. The summed E-state index contributed by atoms with van der Waals surface area (Å²) in [6.45, 7) is 4.79. The second kappa shape index (κ2) is 7.61. The number of rotatable bonds is 8. The first kappa shape index (κ1) is 16.9. The van der Waals surface area contributed by atoms with Gasteiger partial charge in [0.2, 0.25) is 10.0 Å². The molecule has 0 aliphatic carbocycles. The van der Waals surface area contributed by atoms with Crippen molar-refractivity contribution >= 4 is 10.0 Å². The smallest absolute Gasteiger partial charge is 0.215 e. The molecule has 1 aromatic carbocycles. The van der Waals surface area contributed by atoms with Gasteiger partial charge in [0.15, 0.2) is 0 Å². The van der Waals surface area contributed by atoms with Gasteiger partial charge in [0.25, 0.3) is 0 Å². The van der Waals surface area contributed by atoms with Crippen LogP contribution in [0.4, 0.5) is 0 Å². The Bertz CT molecular complexity index is 515. The lowest BCUT2D eigenvalue weighted by Crippen LogP contribution is -2.35. The molecule has 0 spiro atoms. The van der Waals surface area contributed by atoms with Crippen molar-refractivity contribution in [2.45, 2.75) is 26.4 Å². The Morgan fingerprint density at radius 2 is 2.05 bits per heavy atom. The van der Waals surface area contributed by atoms with E-state index in [4.69, 9.17) is 4.74 Å². The van der Waals surface area contributed by atoms with E-state index in [-0.39, 0.29) is 11.8 Å². The summed E-state index contributed by atoms with van der Waals surface area (Å²) in [6.07, 6.45) is 0. The average molecular weight is 300 g/mol. The number of benzene rings is 1. The summed E-state index contributed by atoms with van der Waals surface area (Å²) in [6, 6.07) is 7.72. The average Bonchev–Trinajstić information content (AvgIpc) is 2.38. The molecular weight excluding hydrogens is 276 g/mol. The lowest BCUT2D eigenvalue weighted by atomic mass is 10.2. The molecule has 0 fully saturated rings. The standard InChI is InChI=1S/C14H24N2O3S/c1-12(2)15-8-9-20(17,18)16(3)11-13-6-5-7-14(10-13)19-4/h5-7,10,12,15H,8-9,11H2,1-4H3. The zero-order valence-electron chi connectivity index (χ0n) is 12.6. The van der Waals surface area contributed by atoms with Gasteiger partial charge >= 0.3 is 0 Å². The van der Waals surface area contributed by atoms with Gasteiger partial charge in [-0.05, 0) is 17.7 Å².